The maximum Gasteiger partial charge on any atom is 0.364 e. The van der Waals surface area contributed by atoms with Gasteiger partial charge < -0.3 is 35.4 Å². The average Bonchev–Trinajstić information content (AvgIpc) is 2.22. The molecule has 8 heteroatoms. The van der Waals surface area contributed by atoms with E-state index >= 15 is 0 Å². The SMILES string of the molecule is O=C(O)[C@@]1(O)C[C@@H](O)[C@@H](O)C(C(O)CO)O1. The van der Waals surface area contributed by atoms with Crippen LogP contribution in [0.2, 0.25) is 0 Å². The lowest BCUT2D eigenvalue weighted by Gasteiger charge is -2.41. The highest BCUT2D eigenvalue weighted by atomic mass is 16.7. The molecule has 0 amide bonds. The van der Waals surface area contributed by atoms with Gasteiger partial charge in [0.15, 0.2) is 0 Å². The Balaban J connectivity index is 2.89. The monoisotopic (exact) mass is 238 g/mol. The molecule has 1 fully saturated rings. The molecule has 1 aliphatic heterocycles. The topological polar surface area (TPSA) is 148 Å². The minimum atomic E-state index is -2.68. The van der Waals surface area contributed by atoms with E-state index in [-0.39, 0.29) is 0 Å². The number of carbonyl (C=O) groups is 1. The molecule has 1 aliphatic rings. The Morgan fingerprint density at radius 2 is 2.06 bits per heavy atom. The summed E-state index contributed by atoms with van der Waals surface area (Å²) >= 11 is 0. The summed E-state index contributed by atoms with van der Waals surface area (Å²) in [4.78, 5) is 10.7. The first kappa shape index (κ1) is 13.3. The Morgan fingerprint density at radius 1 is 1.50 bits per heavy atom. The molecule has 94 valence electrons. The van der Waals surface area contributed by atoms with Crippen LogP contribution < -0.4 is 0 Å². The van der Waals surface area contributed by atoms with Crippen molar-refractivity contribution in [2.24, 2.45) is 0 Å². The number of ether oxygens (including phenoxy) is 1. The zero-order chi connectivity index (χ0) is 12.5. The number of aliphatic carboxylic acids is 1. The van der Waals surface area contributed by atoms with E-state index in [9.17, 15) is 25.2 Å². The largest absolute Gasteiger partial charge is 0.477 e. The van der Waals surface area contributed by atoms with Crippen LogP contribution in [0.3, 0.4) is 0 Å². The zero-order valence-electron chi connectivity index (χ0n) is 8.22. The third-order valence-corrected chi connectivity index (χ3v) is 2.45. The summed E-state index contributed by atoms with van der Waals surface area (Å²) in [6.45, 7) is -0.801. The summed E-state index contributed by atoms with van der Waals surface area (Å²) in [5.41, 5.74) is 0. The third kappa shape index (κ3) is 2.32. The smallest absolute Gasteiger partial charge is 0.364 e. The molecule has 0 aromatic heterocycles. The van der Waals surface area contributed by atoms with E-state index < -0.39 is 49.2 Å². The van der Waals surface area contributed by atoms with Gasteiger partial charge in [0.2, 0.25) is 0 Å². The van der Waals surface area contributed by atoms with Gasteiger partial charge in [0.1, 0.15) is 18.3 Å². The van der Waals surface area contributed by atoms with Crippen LogP contribution in [-0.4, -0.2) is 73.4 Å². The molecule has 0 spiro atoms. The lowest BCUT2D eigenvalue weighted by atomic mass is 9.93. The van der Waals surface area contributed by atoms with Crippen LogP contribution in [0.4, 0.5) is 0 Å². The quantitative estimate of drug-likeness (QED) is 0.298. The Labute approximate surface area is 90.3 Å². The third-order valence-electron chi connectivity index (χ3n) is 2.45. The Kier molecular flexibility index (Phi) is 3.84. The van der Waals surface area contributed by atoms with Crippen molar-refractivity contribution in [3.05, 3.63) is 0 Å². The first-order valence-corrected chi connectivity index (χ1v) is 4.60. The number of aliphatic hydroxyl groups is 5. The maximum absolute atomic E-state index is 10.7. The lowest BCUT2D eigenvalue weighted by molar-refractivity contribution is -0.308. The van der Waals surface area contributed by atoms with Crippen molar-refractivity contribution in [1.82, 2.24) is 0 Å². The van der Waals surface area contributed by atoms with Crippen molar-refractivity contribution in [2.75, 3.05) is 6.61 Å². The molecule has 0 radical (unpaired) electrons. The predicted octanol–water partition coefficient (Wildman–Crippen LogP) is -3.38. The van der Waals surface area contributed by atoms with Crippen LogP contribution in [0.25, 0.3) is 0 Å². The highest BCUT2D eigenvalue weighted by Gasteiger charge is 2.52. The Morgan fingerprint density at radius 3 is 2.50 bits per heavy atom. The number of hydrogen-bond donors (Lipinski definition) is 6. The molecule has 0 aromatic carbocycles. The molecule has 0 aromatic rings. The fourth-order valence-electron chi connectivity index (χ4n) is 1.51. The summed E-state index contributed by atoms with van der Waals surface area (Å²) in [6.07, 6.45) is -7.05. The first-order chi connectivity index (χ1) is 7.31. The van der Waals surface area contributed by atoms with Gasteiger partial charge in [0.05, 0.1) is 12.7 Å². The van der Waals surface area contributed by atoms with E-state index in [1.54, 1.807) is 0 Å². The van der Waals surface area contributed by atoms with Crippen LogP contribution in [-0.2, 0) is 9.53 Å². The van der Waals surface area contributed by atoms with Crippen LogP contribution in [0.5, 0.6) is 0 Å². The molecule has 16 heavy (non-hydrogen) atoms. The summed E-state index contributed by atoms with van der Waals surface area (Å²) < 4.78 is 4.61. The molecule has 5 atom stereocenters. The van der Waals surface area contributed by atoms with Gasteiger partial charge >= 0.3 is 5.97 Å². The van der Waals surface area contributed by atoms with Crippen molar-refractivity contribution in [3.63, 3.8) is 0 Å². The standard InChI is InChI=1S/C8H14O8/c9-2-4(11)6-5(12)3(10)1-8(15,16-6)7(13)14/h3-6,9-12,15H,1-2H2,(H,13,14)/t3-,4?,5-,6?,8-/m1/s1. The summed E-state index contributed by atoms with van der Waals surface area (Å²) in [5, 5.41) is 54.7. The van der Waals surface area contributed by atoms with Crippen molar-refractivity contribution in [1.29, 1.82) is 0 Å². The highest BCUT2D eigenvalue weighted by molar-refractivity contribution is 5.75. The van der Waals surface area contributed by atoms with E-state index in [2.05, 4.69) is 4.74 Å². The molecule has 2 unspecified atom stereocenters. The van der Waals surface area contributed by atoms with Crippen molar-refractivity contribution < 1.29 is 40.2 Å². The molecule has 6 N–H and O–H groups in total. The normalized spacial score (nSPS) is 41.7. The number of aliphatic hydroxyl groups excluding tert-OH is 4. The number of hydrogen-bond acceptors (Lipinski definition) is 7. The van der Waals surface area contributed by atoms with Crippen molar-refractivity contribution in [2.45, 2.75) is 36.6 Å². The van der Waals surface area contributed by atoms with E-state index in [0.29, 0.717) is 0 Å². The molecule has 8 nitrogen and oxygen atoms in total. The van der Waals surface area contributed by atoms with E-state index in [0.717, 1.165) is 0 Å². The van der Waals surface area contributed by atoms with Crippen molar-refractivity contribution in [3.8, 4) is 0 Å². The van der Waals surface area contributed by atoms with Gasteiger partial charge in [0.25, 0.3) is 5.79 Å². The fraction of sp³-hybridized carbons (Fsp3) is 0.875. The van der Waals surface area contributed by atoms with Gasteiger partial charge in [-0.05, 0) is 0 Å². The van der Waals surface area contributed by atoms with Crippen LogP contribution in [0, 0.1) is 0 Å². The number of rotatable bonds is 3. The van der Waals surface area contributed by atoms with Gasteiger partial charge in [0, 0.05) is 6.42 Å². The lowest BCUT2D eigenvalue weighted by Crippen LogP contribution is -2.61. The number of carboxylic acid groups (broad SMARTS) is 1. The van der Waals surface area contributed by atoms with Gasteiger partial charge in [-0.1, -0.05) is 0 Å². The Hall–Kier alpha value is -0.770. The van der Waals surface area contributed by atoms with Crippen LogP contribution in [0.15, 0.2) is 0 Å². The number of carboxylic acids is 1. The zero-order valence-corrected chi connectivity index (χ0v) is 8.22. The molecule has 1 saturated heterocycles. The van der Waals surface area contributed by atoms with Gasteiger partial charge in [-0.25, -0.2) is 4.79 Å². The second-order valence-corrected chi connectivity index (χ2v) is 3.68. The van der Waals surface area contributed by atoms with Crippen molar-refractivity contribution >= 4 is 5.97 Å². The summed E-state index contributed by atoms with van der Waals surface area (Å²) in [5.74, 6) is -4.42. The second-order valence-electron chi connectivity index (χ2n) is 3.68. The van der Waals surface area contributed by atoms with Gasteiger partial charge in [-0.15, -0.1) is 0 Å². The van der Waals surface area contributed by atoms with Crippen LogP contribution in [0.1, 0.15) is 6.42 Å². The minimum absolute atomic E-state index is 0.724. The molecule has 0 bridgehead atoms. The second kappa shape index (κ2) is 4.62. The Bertz CT molecular complexity index is 269. The maximum atomic E-state index is 10.7. The van der Waals surface area contributed by atoms with Crippen LogP contribution >= 0.6 is 0 Å². The molecule has 0 aliphatic carbocycles. The highest BCUT2D eigenvalue weighted by Crippen LogP contribution is 2.29. The minimum Gasteiger partial charge on any atom is -0.477 e. The molecular formula is C8H14O8. The van der Waals surface area contributed by atoms with E-state index in [1.165, 1.54) is 0 Å². The van der Waals surface area contributed by atoms with E-state index in [4.69, 9.17) is 10.2 Å². The summed E-state index contributed by atoms with van der Waals surface area (Å²) in [7, 11) is 0. The average molecular weight is 238 g/mol. The molecule has 1 heterocycles. The van der Waals surface area contributed by atoms with Gasteiger partial charge in [-0.3, -0.25) is 0 Å². The van der Waals surface area contributed by atoms with Gasteiger partial charge in [-0.2, -0.15) is 0 Å². The predicted molar refractivity (Wildman–Crippen MR) is 47.2 cm³/mol. The molecule has 0 saturated carbocycles. The molecular weight excluding hydrogens is 224 g/mol. The van der Waals surface area contributed by atoms with E-state index in [1.807, 2.05) is 0 Å². The fourth-order valence-corrected chi connectivity index (χ4v) is 1.51. The summed E-state index contributed by atoms with van der Waals surface area (Å²) in [6, 6.07) is 0. The first-order valence-electron chi connectivity index (χ1n) is 4.60. The molecule has 1 rings (SSSR count).